The second-order valence-electron chi connectivity index (χ2n) is 6.24. The maximum atomic E-state index is 12.2. The third-order valence-corrected chi connectivity index (χ3v) is 4.55. The highest BCUT2D eigenvalue weighted by molar-refractivity contribution is 5.97. The summed E-state index contributed by atoms with van der Waals surface area (Å²) in [5, 5.41) is 13.1. The van der Waals surface area contributed by atoms with Gasteiger partial charge in [0.25, 0.3) is 5.91 Å². The molecule has 0 spiro atoms. The van der Waals surface area contributed by atoms with Gasteiger partial charge in [0.2, 0.25) is 0 Å². The number of hydrogen-bond acceptors (Lipinski definition) is 3. The number of nitrogens with one attached hydrogen (secondary N) is 1. The summed E-state index contributed by atoms with van der Waals surface area (Å²) in [6.07, 6.45) is 7.90. The summed E-state index contributed by atoms with van der Waals surface area (Å²) in [7, 11) is 0. The average Bonchev–Trinajstić information content (AvgIpc) is 3.12. The van der Waals surface area contributed by atoms with E-state index in [9.17, 15) is 9.90 Å². The van der Waals surface area contributed by atoms with Crippen molar-refractivity contribution in [3.8, 4) is 5.75 Å². The van der Waals surface area contributed by atoms with Crippen LogP contribution in [0, 0.1) is 0 Å². The lowest BCUT2D eigenvalue weighted by Gasteiger charge is -2.21. The van der Waals surface area contributed by atoms with Crippen LogP contribution in [0.3, 0.4) is 0 Å². The molecular weight excluding hydrogens is 266 g/mol. The molecule has 1 amide bonds. The first-order valence-electron chi connectivity index (χ1n) is 7.96. The van der Waals surface area contributed by atoms with Crippen LogP contribution in [-0.2, 0) is 4.79 Å². The number of anilines is 1. The molecule has 0 atom stereocenters. The molecule has 2 aliphatic rings. The van der Waals surface area contributed by atoms with Crippen LogP contribution in [0.5, 0.6) is 5.75 Å². The Kier molecular flexibility index (Phi) is 4.15. The molecule has 2 saturated carbocycles. The van der Waals surface area contributed by atoms with Gasteiger partial charge < -0.3 is 15.2 Å². The van der Waals surface area contributed by atoms with E-state index in [2.05, 4.69) is 5.32 Å². The highest BCUT2D eigenvalue weighted by atomic mass is 16.5. The van der Waals surface area contributed by atoms with E-state index in [0.29, 0.717) is 24.6 Å². The van der Waals surface area contributed by atoms with Gasteiger partial charge in [0.1, 0.15) is 11.4 Å². The maximum absolute atomic E-state index is 12.2. The predicted octanol–water partition coefficient (Wildman–Crippen LogP) is 3.25. The van der Waals surface area contributed by atoms with Crippen molar-refractivity contribution in [2.75, 3.05) is 5.32 Å². The normalized spacial score (nSPS) is 21.4. The molecule has 0 bridgehead atoms. The second kappa shape index (κ2) is 6.06. The Labute approximate surface area is 125 Å². The molecule has 0 radical (unpaired) electrons. The van der Waals surface area contributed by atoms with Gasteiger partial charge in [-0.05, 0) is 63.5 Å². The Hall–Kier alpha value is -1.55. The van der Waals surface area contributed by atoms with E-state index in [1.807, 2.05) is 24.3 Å². The van der Waals surface area contributed by atoms with E-state index in [-0.39, 0.29) is 5.91 Å². The number of amides is 1. The zero-order valence-electron chi connectivity index (χ0n) is 12.3. The summed E-state index contributed by atoms with van der Waals surface area (Å²) in [6.45, 7) is 0. The lowest BCUT2D eigenvalue weighted by atomic mass is 10.0. The molecule has 21 heavy (non-hydrogen) atoms. The van der Waals surface area contributed by atoms with E-state index < -0.39 is 5.60 Å². The number of ether oxygens (including phenoxy) is 1. The number of carbonyl (C=O) groups is 1. The minimum atomic E-state index is -1.19. The number of aliphatic hydroxyl groups is 1. The van der Waals surface area contributed by atoms with Crippen LogP contribution in [0.15, 0.2) is 24.3 Å². The van der Waals surface area contributed by atoms with Crippen molar-refractivity contribution in [2.45, 2.75) is 63.1 Å². The van der Waals surface area contributed by atoms with E-state index >= 15 is 0 Å². The van der Waals surface area contributed by atoms with E-state index in [1.54, 1.807) is 0 Å². The smallest absolute Gasteiger partial charge is 0.256 e. The Bertz CT molecular complexity index is 503. The first-order chi connectivity index (χ1) is 10.2. The number of carbonyl (C=O) groups excluding carboxylic acids is 1. The number of hydrogen-bond donors (Lipinski definition) is 2. The fraction of sp³-hybridized carbons (Fsp3) is 0.588. The molecular formula is C17H23NO3. The minimum Gasteiger partial charge on any atom is -0.490 e. The first kappa shape index (κ1) is 14.4. The van der Waals surface area contributed by atoms with Crippen LogP contribution in [0.4, 0.5) is 5.69 Å². The monoisotopic (exact) mass is 289 g/mol. The van der Waals surface area contributed by atoms with Crippen molar-refractivity contribution in [2.24, 2.45) is 0 Å². The average molecular weight is 289 g/mol. The highest BCUT2D eigenvalue weighted by Gasteiger charge is 2.38. The van der Waals surface area contributed by atoms with Gasteiger partial charge in [0, 0.05) is 11.8 Å². The summed E-state index contributed by atoms with van der Waals surface area (Å²) < 4.78 is 5.93. The van der Waals surface area contributed by atoms with Crippen molar-refractivity contribution < 1.29 is 14.6 Å². The lowest BCUT2D eigenvalue weighted by molar-refractivity contribution is -0.133. The SMILES string of the molecule is O=C(Nc1cccc(OC2CCCC2)c1)C1(O)CCCC1. The van der Waals surface area contributed by atoms with Gasteiger partial charge in [-0.2, -0.15) is 0 Å². The topological polar surface area (TPSA) is 58.6 Å². The van der Waals surface area contributed by atoms with Crippen molar-refractivity contribution in [3.63, 3.8) is 0 Å². The van der Waals surface area contributed by atoms with Crippen molar-refractivity contribution >= 4 is 11.6 Å². The Morgan fingerprint density at radius 3 is 2.62 bits per heavy atom. The molecule has 0 saturated heterocycles. The minimum absolute atomic E-state index is 0.294. The third-order valence-electron chi connectivity index (χ3n) is 4.55. The van der Waals surface area contributed by atoms with Crippen LogP contribution in [0.1, 0.15) is 51.4 Å². The van der Waals surface area contributed by atoms with E-state index in [1.165, 1.54) is 12.8 Å². The third kappa shape index (κ3) is 3.38. The maximum Gasteiger partial charge on any atom is 0.256 e. The second-order valence-corrected chi connectivity index (χ2v) is 6.24. The molecule has 1 aromatic rings. The van der Waals surface area contributed by atoms with Gasteiger partial charge in [0.05, 0.1) is 6.10 Å². The first-order valence-corrected chi connectivity index (χ1v) is 7.96. The van der Waals surface area contributed by atoms with Crippen LogP contribution >= 0.6 is 0 Å². The Balaban J connectivity index is 1.63. The molecule has 2 fully saturated rings. The Morgan fingerprint density at radius 1 is 1.19 bits per heavy atom. The zero-order valence-corrected chi connectivity index (χ0v) is 12.3. The molecule has 3 rings (SSSR count). The van der Waals surface area contributed by atoms with Gasteiger partial charge in [-0.3, -0.25) is 4.79 Å². The van der Waals surface area contributed by atoms with Gasteiger partial charge >= 0.3 is 0 Å². The van der Waals surface area contributed by atoms with Gasteiger partial charge in [-0.1, -0.05) is 6.07 Å². The van der Waals surface area contributed by atoms with Gasteiger partial charge in [-0.15, -0.1) is 0 Å². The summed E-state index contributed by atoms with van der Waals surface area (Å²) >= 11 is 0. The largest absolute Gasteiger partial charge is 0.490 e. The molecule has 114 valence electrons. The summed E-state index contributed by atoms with van der Waals surface area (Å²) in [5.74, 6) is 0.496. The number of benzene rings is 1. The standard InChI is InChI=1S/C17H23NO3/c19-16(17(20)10-3-4-11-17)18-13-6-5-9-15(12-13)21-14-7-1-2-8-14/h5-6,9,12,14,20H,1-4,7-8,10-11H2,(H,18,19). The summed E-state index contributed by atoms with van der Waals surface area (Å²) in [6, 6.07) is 7.46. The molecule has 0 aliphatic heterocycles. The molecule has 0 heterocycles. The van der Waals surface area contributed by atoms with E-state index in [4.69, 9.17) is 4.74 Å². The molecule has 4 nitrogen and oxygen atoms in total. The fourth-order valence-electron chi connectivity index (χ4n) is 3.28. The summed E-state index contributed by atoms with van der Waals surface area (Å²) in [5.41, 5.74) is -0.502. The molecule has 1 aromatic carbocycles. The predicted molar refractivity (Wildman–Crippen MR) is 81.4 cm³/mol. The van der Waals surface area contributed by atoms with Crippen LogP contribution in [0.25, 0.3) is 0 Å². The lowest BCUT2D eigenvalue weighted by Crippen LogP contribution is -2.40. The summed E-state index contributed by atoms with van der Waals surface area (Å²) in [4.78, 5) is 12.2. The number of rotatable bonds is 4. The Morgan fingerprint density at radius 2 is 1.90 bits per heavy atom. The van der Waals surface area contributed by atoms with E-state index in [0.717, 1.165) is 31.4 Å². The van der Waals surface area contributed by atoms with Crippen LogP contribution in [0.2, 0.25) is 0 Å². The van der Waals surface area contributed by atoms with Gasteiger partial charge in [-0.25, -0.2) is 0 Å². The zero-order chi connectivity index (χ0) is 14.7. The molecule has 4 heteroatoms. The fourth-order valence-corrected chi connectivity index (χ4v) is 3.28. The molecule has 2 aliphatic carbocycles. The molecule has 2 N–H and O–H groups in total. The highest BCUT2D eigenvalue weighted by Crippen LogP contribution is 2.31. The van der Waals surface area contributed by atoms with Crippen molar-refractivity contribution in [3.05, 3.63) is 24.3 Å². The van der Waals surface area contributed by atoms with Crippen molar-refractivity contribution in [1.29, 1.82) is 0 Å². The van der Waals surface area contributed by atoms with Crippen molar-refractivity contribution in [1.82, 2.24) is 0 Å². The van der Waals surface area contributed by atoms with Gasteiger partial charge in [0.15, 0.2) is 0 Å². The quantitative estimate of drug-likeness (QED) is 0.894. The van der Waals surface area contributed by atoms with Crippen LogP contribution in [-0.4, -0.2) is 22.7 Å². The molecule has 0 aromatic heterocycles. The van der Waals surface area contributed by atoms with Crippen LogP contribution < -0.4 is 10.1 Å². The molecule has 0 unspecified atom stereocenters.